The van der Waals surface area contributed by atoms with E-state index in [1.165, 1.54) is 11.0 Å². The lowest BCUT2D eigenvalue weighted by Gasteiger charge is -2.38. The first-order valence-electron chi connectivity index (χ1n) is 8.47. The molecule has 3 rings (SSSR count). The molecule has 0 bridgehead atoms. The van der Waals surface area contributed by atoms with Gasteiger partial charge in [-0.05, 0) is 43.2 Å². The molecule has 1 aliphatic heterocycles. The second-order valence-corrected chi connectivity index (χ2v) is 6.58. The largest absolute Gasteiger partial charge is 0.338 e. The minimum absolute atomic E-state index is 0.0491. The summed E-state index contributed by atoms with van der Waals surface area (Å²) in [6.07, 6.45) is 5.08. The lowest BCUT2D eigenvalue weighted by atomic mass is 9.91. The first-order valence-corrected chi connectivity index (χ1v) is 8.47. The van der Waals surface area contributed by atoms with Crippen molar-refractivity contribution in [1.82, 2.24) is 9.47 Å². The van der Waals surface area contributed by atoms with E-state index >= 15 is 0 Å². The molecule has 0 saturated carbocycles. The minimum Gasteiger partial charge on any atom is -0.338 e. The van der Waals surface area contributed by atoms with Gasteiger partial charge in [-0.25, -0.2) is 0 Å². The predicted octanol–water partition coefficient (Wildman–Crippen LogP) is 3.04. The van der Waals surface area contributed by atoms with Crippen LogP contribution in [0.3, 0.4) is 0 Å². The Bertz CT molecular complexity index is 765. The Morgan fingerprint density at radius 3 is 2.78 bits per heavy atom. The molecule has 0 radical (unpaired) electrons. The molecule has 0 spiro atoms. The highest BCUT2D eigenvalue weighted by molar-refractivity contribution is 5.82. The van der Waals surface area contributed by atoms with Crippen LogP contribution in [0, 0.1) is 5.92 Å². The van der Waals surface area contributed by atoms with E-state index in [1.807, 2.05) is 35.2 Å². The van der Waals surface area contributed by atoms with Crippen LogP contribution in [0.4, 0.5) is 0 Å². The zero-order chi connectivity index (χ0) is 16.4. The SMILES string of the molecule is CC[C@H]1CC[C@@H](C)N(C(=O)Cn2ccc3ccccc3c2=O)C1. The highest BCUT2D eigenvalue weighted by atomic mass is 16.2. The molecule has 0 aliphatic carbocycles. The van der Waals surface area contributed by atoms with E-state index in [4.69, 9.17) is 0 Å². The lowest BCUT2D eigenvalue weighted by Crippen LogP contribution is -2.47. The van der Waals surface area contributed by atoms with E-state index in [9.17, 15) is 9.59 Å². The maximum atomic E-state index is 12.7. The average molecular weight is 312 g/mol. The monoisotopic (exact) mass is 312 g/mol. The number of aromatic nitrogens is 1. The molecular formula is C19H24N2O2. The van der Waals surface area contributed by atoms with Crippen LogP contribution in [-0.2, 0) is 11.3 Å². The molecule has 122 valence electrons. The van der Waals surface area contributed by atoms with Gasteiger partial charge in [0.2, 0.25) is 5.91 Å². The molecule has 1 aliphatic rings. The fourth-order valence-electron chi connectivity index (χ4n) is 3.45. The van der Waals surface area contributed by atoms with E-state index in [2.05, 4.69) is 13.8 Å². The van der Waals surface area contributed by atoms with Crippen molar-refractivity contribution in [1.29, 1.82) is 0 Å². The smallest absolute Gasteiger partial charge is 0.258 e. The summed E-state index contributed by atoms with van der Waals surface area (Å²) in [6.45, 7) is 5.23. The molecular weight excluding hydrogens is 288 g/mol. The van der Waals surface area contributed by atoms with E-state index in [0.717, 1.165) is 24.8 Å². The van der Waals surface area contributed by atoms with Crippen LogP contribution in [0.2, 0.25) is 0 Å². The Hall–Kier alpha value is -2.10. The van der Waals surface area contributed by atoms with Crippen molar-refractivity contribution < 1.29 is 4.79 Å². The highest BCUT2D eigenvalue weighted by Gasteiger charge is 2.28. The Morgan fingerprint density at radius 1 is 1.22 bits per heavy atom. The van der Waals surface area contributed by atoms with Crippen LogP contribution < -0.4 is 5.56 Å². The maximum absolute atomic E-state index is 12.7. The third-order valence-electron chi connectivity index (χ3n) is 5.07. The molecule has 1 fully saturated rings. The van der Waals surface area contributed by atoms with Crippen molar-refractivity contribution >= 4 is 16.7 Å². The van der Waals surface area contributed by atoms with Gasteiger partial charge in [0.1, 0.15) is 6.54 Å². The summed E-state index contributed by atoms with van der Waals surface area (Å²) >= 11 is 0. The molecule has 23 heavy (non-hydrogen) atoms. The summed E-state index contributed by atoms with van der Waals surface area (Å²) in [4.78, 5) is 27.2. The number of benzene rings is 1. The Kier molecular flexibility index (Phi) is 4.51. The summed E-state index contributed by atoms with van der Waals surface area (Å²) in [6, 6.07) is 9.67. The molecule has 2 atom stereocenters. The van der Waals surface area contributed by atoms with Gasteiger partial charge in [-0.1, -0.05) is 31.5 Å². The Morgan fingerprint density at radius 2 is 2.00 bits per heavy atom. The zero-order valence-corrected chi connectivity index (χ0v) is 13.9. The van der Waals surface area contributed by atoms with E-state index < -0.39 is 0 Å². The topological polar surface area (TPSA) is 42.3 Å². The van der Waals surface area contributed by atoms with Crippen molar-refractivity contribution in [3.8, 4) is 0 Å². The Balaban J connectivity index is 1.82. The third kappa shape index (κ3) is 3.16. The molecule has 1 aromatic carbocycles. The van der Waals surface area contributed by atoms with Gasteiger partial charge < -0.3 is 9.47 Å². The Labute approximate surface area is 136 Å². The number of hydrogen-bond donors (Lipinski definition) is 0. The normalized spacial score (nSPS) is 21.6. The van der Waals surface area contributed by atoms with E-state index in [1.54, 1.807) is 6.20 Å². The van der Waals surface area contributed by atoms with Gasteiger partial charge in [-0.3, -0.25) is 9.59 Å². The lowest BCUT2D eigenvalue weighted by molar-refractivity contribution is -0.136. The van der Waals surface area contributed by atoms with Crippen molar-refractivity contribution in [2.45, 2.75) is 45.7 Å². The second kappa shape index (κ2) is 6.57. The number of pyridine rings is 1. The zero-order valence-electron chi connectivity index (χ0n) is 13.9. The van der Waals surface area contributed by atoms with Gasteiger partial charge in [0.15, 0.2) is 0 Å². The number of rotatable bonds is 3. The quantitative estimate of drug-likeness (QED) is 0.874. The number of carbonyl (C=O) groups excluding carboxylic acids is 1. The molecule has 4 heteroatoms. The van der Waals surface area contributed by atoms with Crippen LogP contribution >= 0.6 is 0 Å². The minimum atomic E-state index is -0.0897. The number of piperidine rings is 1. The number of hydrogen-bond acceptors (Lipinski definition) is 2. The fraction of sp³-hybridized carbons (Fsp3) is 0.474. The van der Waals surface area contributed by atoms with Gasteiger partial charge in [-0.15, -0.1) is 0 Å². The van der Waals surface area contributed by atoms with E-state index in [0.29, 0.717) is 11.3 Å². The van der Waals surface area contributed by atoms with Gasteiger partial charge in [0.05, 0.1) is 0 Å². The van der Waals surface area contributed by atoms with Gasteiger partial charge in [-0.2, -0.15) is 0 Å². The first kappa shape index (κ1) is 15.8. The molecule has 0 N–H and O–H groups in total. The maximum Gasteiger partial charge on any atom is 0.258 e. The van der Waals surface area contributed by atoms with Crippen LogP contribution in [0.15, 0.2) is 41.3 Å². The molecule has 0 unspecified atom stereocenters. The molecule has 4 nitrogen and oxygen atoms in total. The second-order valence-electron chi connectivity index (χ2n) is 6.58. The molecule has 1 saturated heterocycles. The molecule has 1 amide bonds. The summed E-state index contributed by atoms with van der Waals surface area (Å²) in [5.41, 5.74) is -0.0897. The number of amides is 1. The van der Waals surface area contributed by atoms with Crippen molar-refractivity contribution in [3.63, 3.8) is 0 Å². The van der Waals surface area contributed by atoms with Crippen LogP contribution in [0.25, 0.3) is 10.8 Å². The fourth-order valence-corrected chi connectivity index (χ4v) is 3.45. The van der Waals surface area contributed by atoms with Crippen LogP contribution in [-0.4, -0.2) is 28.0 Å². The van der Waals surface area contributed by atoms with E-state index in [-0.39, 0.29) is 24.1 Å². The van der Waals surface area contributed by atoms with Crippen molar-refractivity contribution in [3.05, 3.63) is 46.9 Å². The molecule has 2 aromatic rings. The van der Waals surface area contributed by atoms with Crippen LogP contribution in [0.1, 0.15) is 33.1 Å². The number of likely N-dealkylation sites (tertiary alicyclic amines) is 1. The standard InChI is InChI=1S/C19H24N2O2/c1-3-15-9-8-14(2)21(12-15)18(22)13-20-11-10-16-6-4-5-7-17(16)19(20)23/h4-7,10-11,14-15H,3,8-9,12-13H2,1-2H3/t14-,15+/m1/s1. The molecule has 1 aromatic heterocycles. The van der Waals surface area contributed by atoms with Crippen molar-refractivity contribution in [2.75, 3.05) is 6.54 Å². The third-order valence-corrected chi connectivity index (χ3v) is 5.07. The first-order chi connectivity index (χ1) is 11.1. The molecule has 2 heterocycles. The summed E-state index contributed by atoms with van der Waals surface area (Å²) < 4.78 is 1.53. The summed E-state index contributed by atoms with van der Waals surface area (Å²) in [7, 11) is 0. The van der Waals surface area contributed by atoms with Crippen LogP contribution in [0.5, 0.6) is 0 Å². The predicted molar refractivity (Wildman–Crippen MR) is 92.4 cm³/mol. The summed E-state index contributed by atoms with van der Waals surface area (Å²) in [5.74, 6) is 0.636. The number of fused-ring (bicyclic) bond motifs is 1. The average Bonchev–Trinajstić information content (AvgIpc) is 2.58. The highest BCUT2D eigenvalue weighted by Crippen LogP contribution is 2.24. The number of nitrogens with zero attached hydrogens (tertiary/aromatic N) is 2. The van der Waals surface area contributed by atoms with Crippen molar-refractivity contribution in [2.24, 2.45) is 5.92 Å². The van der Waals surface area contributed by atoms with Gasteiger partial charge in [0.25, 0.3) is 5.56 Å². The number of carbonyl (C=O) groups is 1. The van der Waals surface area contributed by atoms with Gasteiger partial charge >= 0.3 is 0 Å². The summed E-state index contributed by atoms with van der Waals surface area (Å²) in [5, 5.41) is 1.58. The van der Waals surface area contributed by atoms with Gasteiger partial charge in [0, 0.05) is 24.2 Å².